The van der Waals surface area contributed by atoms with E-state index in [4.69, 9.17) is 11.6 Å². The fourth-order valence-corrected chi connectivity index (χ4v) is 3.91. The normalized spacial score (nSPS) is 24.7. The van der Waals surface area contributed by atoms with Gasteiger partial charge >= 0.3 is 0 Å². The molecule has 0 fully saturated rings. The summed E-state index contributed by atoms with van der Waals surface area (Å²) in [5.74, 6) is 0.443. The van der Waals surface area contributed by atoms with Crippen LogP contribution in [0.5, 0.6) is 0 Å². The summed E-state index contributed by atoms with van der Waals surface area (Å²) in [6.07, 6.45) is 8.81. The maximum absolute atomic E-state index is 11.1. The number of aromatic nitrogens is 1. The van der Waals surface area contributed by atoms with Crippen molar-refractivity contribution in [2.75, 3.05) is 5.32 Å². The highest BCUT2D eigenvalue weighted by Crippen LogP contribution is 2.52. The molecule has 6 heteroatoms. The van der Waals surface area contributed by atoms with Crippen molar-refractivity contribution in [1.29, 1.82) is 0 Å². The van der Waals surface area contributed by atoms with E-state index >= 15 is 0 Å². The van der Waals surface area contributed by atoms with Gasteiger partial charge in [0.25, 0.3) is 5.69 Å². The van der Waals surface area contributed by atoms with Crippen LogP contribution in [0.2, 0.25) is 5.02 Å². The fourth-order valence-electron chi connectivity index (χ4n) is 3.64. The van der Waals surface area contributed by atoms with Gasteiger partial charge in [-0.1, -0.05) is 29.8 Å². The zero-order chi connectivity index (χ0) is 16.0. The first-order valence-electron chi connectivity index (χ1n) is 7.46. The lowest BCUT2D eigenvalue weighted by Crippen LogP contribution is -2.29. The van der Waals surface area contributed by atoms with Crippen LogP contribution in [0, 0.1) is 16.0 Å². The summed E-state index contributed by atoms with van der Waals surface area (Å²) in [6.45, 7) is 0. The number of hydrogen-bond donors (Lipinski definition) is 1. The molecule has 1 N–H and O–H groups in total. The third kappa shape index (κ3) is 2.28. The molecule has 2 aliphatic rings. The average Bonchev–Trinajstić information content (AvgIpc) is 3.04. The van der Waals surface area contributed by atoms with Crippen molar-refractivity contribution in [3.05, 3.63) is 75.1 Å². The predicted octanol–water partition coefficient (Wildman–Crippen LogP) is 4.47. The highest BCUT2D eigenvalue weighted by atomic mass is 35.5. The number of anilines is 1. The van der Waals surface area contributed by atoms with E-state index in [1.54, 1.807) is 12.3 Å². The molecule has 2 aromatic rings. The van der Waals surface area contributed by atoms with Crippen LogP contribution in [0.4, 0.5) is 11.4 Å². The number of halogens is 1. The van der Waals surface area contributed by atoms with Gasteiger partial charge < -0.3 is 5.32 Å². The molecule has 1 aromatic carbocycles. The zero-order valence-electron chi connectivity index (χ0n) is 12.1. The van der Waals surface area contributed by atoms with Gasteiger partial charge in [-0.2, -0.15) is 0 Å². The first kappa shape index (κ1) is 14.2. The Morgan fingerprint density at radius 2 is 2.26 bits per heavy atom. The van der Waals surface area contributed by atoms with Crippen molar-refractivity contribution in [1.82, 2.24) is 4.98 Å². The minimum atomic E-state index is -0.396. The monoisotopic (exact) mass is 327 g/mol. The Bertz CT molecular complexity index is 807. The number of fused-ring (bicyclic) bond motifs is 3. The second kappa shape index (κ2) is 5.35. The van der Waals surface area contributed by atoms with Crippen molar-refractivity contribution in [2.24, 2.45) is 5.92 Å². The van der Waals surface area contributed by atoms with E-state index < -0.39 is 4.92 Å². The Kier molecular flexibility index (Phi) is 3.31. The lowest BCUT2D eigenvalue weighted by molar-refractivity contribution is -0.384. The number of rotatable bonds is 2. The second-order valence-corrected chi connectivity index (χ2v) is 6.32. The molecule has 5 nitrogen and oxygen atoms in total. The van der Waals surface area contributed by atoms with E-state index in [0.717, 1.165) is 23.2 Å². The van der Waals surface area contributed by atoms with Crippen LogP contribution in [0.1, 0.15) is 29.5 Å². The van der Waals surface area contributed by atoms with E-state index in [0.29, 0.717) is 10.9 Å². The van der Waals surface area contributed by atoms with Crippen LogP contribution in [0.15, 0.2) is 48.8 Å². The Labute approximate surface area is 138 Å². The molecule has 0 bridgehead atoms. The molecule has 0 saturated carbocycles. The van der Waals surface area contributed by atoms with Crippen LogP contribution in [0.25, 0.3) is 0 Å². The van der Waals surface area contributed by atoms with Crippen molar-refractivity contribution < 1.29 is 4.92 Å². The molecule has 116 valence electrons. The molecule has 0 saturated heterocycles. The highest BCUT2D eigenvalue weighted by Gasteiger charge is 2.39. The Morgan fingerprint density at radius 3 is 3.00 bits per heavy atom. The van der Waals surface area contributed by atoms with E-state index in [1.165, 1.54) is 6.07 Å². The van der Waals surface area contributed by atoms with Crippen LogP contribution in [0.3, 0.4) is 0 Å². The lowest BCUT2D eigenvalue weighted by Gasteiger charge is -2.37. The van der Waals surface area contributed by atoms with Crippen molar-refractivity contribution in [3.63, 3.8) is 0 Å². The number of hydrogen-bond acceptors (Lipinski definition) is 4. The molecule has 0 radical (unpaired) electrons. The van der Waals surface area contributed by atoms with Gasteiger partial charge in [0.05, 0.1) is 21.7 Å². The quantitative estimate of drug-likeness (QED) is 0.502. The number of nitro benzene ring substituents is 1. The number of non-ortho nitro benzene ring substituents is 1. The summed E-state index contributed by atoms with van der Waals surface area (Å²) in [4.78, 5) is 14.9. The third-order valence-electron chi connectivity index (χ3n) is 4.66. The maximum atomic E-state index is 11.1. The van der Waals surface area contributed by atoms with Gasteiger partial charge in [-0.15, -0.1) is 0 Å². The highest BCUT2D eigenvalue weighted by molar-refractivity contribution is 6.33. The molecule has 23 heavy (non-hydrogen) atoms. The molecule has 4 rings (SSSR count). The maximum Gasteiger partial charge on any atom is 0.271 e. The molecular formula is C17H14ClN3O2. The van der Waals surface area contributed by atoms with Gasteiger partial charge in [-0.25, -0.2) is 0 Å². The summed E-state index contributed by atoms with van der Waals surface area (Å²) in [5, 5.41) is 15.0. The molecule has 0 amide bonds. The van der Waals surface area contributed by atoms with E-state index in [-0.39, 0.29) is 17.6 Å². The first-order chi connectivity index (χ1) is 11.1. The van der Waals surface area contributed by atoms with Crippen LogP contribution in [-0.2, 0) is 0 Å². The Hall–Kier alpha value is -2.40. The SMILES string of the molecule is O=[N+]([O-])c1cc(Cl)c2c(c1)[C@@H]1C=CC[C@@H]1[C@H](c1cccnc1)N2. The van der Waals surface area contributed by atoms with Gasteiger partial charge in [0.1, 0.15) is 0 Å². The molecular weight excluding hydrogens is 314 g/mol. The second-order valence-electron chi connectivity index (χ2n) is 5.91. The summed E-state index contributed by atoms with van der Waals surface area (Å²) >= 11 is 6.33. The summed E-state index contributed by atoms with van der Waals surface area (Å²) < 4.78 is 0. The number of benzene rings is 1. The largest absolute Gasteiger partial charge is 0.376 e. The Morgan fingerprint density at radius 1 is 1.39 bits per heavy atom. The van der Waals surface area contributed by atoms with Gasteiger partial charge in [-0.3, -0.25) is 15.1 Å². The van der Waals surface area contributed by atoms with E-state index in [1.807, 2.05) is 18.3 Å². The zero-order valence-corrected chi connectivity index (χ0v) is 12.9. The number of nitro groups is 1. The summed E-state index contributed by atoms with van der Waals surface area (Å²) in [6, 6.07) is 7.11. The van der Waals surface area contributed by atoms with Gasteiger partial charge in [-0.05, 0) is 29.5 Å². The van der Waals surface area contributed by atoms with E-state index in [9.17, 15) is 10.1 Å². The van der Waals surface area contributed by atoms with Gasteiger partial charge in [0.2, 0.25) is 0 Å². The standard InChI is InChI=1S/C17H14ClN3O2/c18-15-8-11(21(22)23)7-14-12-4-1-5-13(12)16(20-17(14)15)10-3-2-6-19-9-10/h1-4,6-9,12-13,16,20H,5H2/t12-,13+,16+/m1/s1. The number of allylic oxidation sites excluding steroid dienone is 2. The van der Waals surface area contributed by atoms with E-state index in [2.05, 4.69) is 22.5 Å². The minimum Gasteiger partial charge on any atom is -0.376 e. The lowest BCUT2D eigenvalue weighted by atomic mass is 9.77. The van der Waals surface area contributed by atoms with Crippen LogP contribution in [-0.4, -0.2) is 9.91 Å². The molecule has 1 aromatic heterocycles. The number of nitrogens with zero attached hydrogens (tertiary/aromatic N) is 2. The molecule has 1 aliphatic heterocycles. The summed E-state index contributed by atoms with van der Waals surface area (Å²) in [7, 11) is 0. The summed E-state index contributed by atoms with van der Waals surface area (Å²) in [5.41, 5.74) is 2.84. The minimum absolute atomic E-state index is 0.0365. The average molecular weight is 328 g/mol. The van der Waals surface area contributed by atoms with Crippen molar-refractivity contribution >= 4 is 23.0 Å². The molecule has 2 heterocycles. The topological polar surface area (TPSA) is 68.1 Å². The van der Waals surface area contributed by atoms with Crippen LogP contribution < -0.4 is 5.32 Å². The number of nitrogens with one attached hydrogen (secondary N) is 1. The van der Waals surface area contributed by atoms with Crippen molar-refractivity contribution in [3.8, 4) is 0 Å². The molecule has 0 unspecified atom stereocenters. The number of pyridine rings is 1. The molecule has 0 spiro atoms. The first-order valence-corrected chi connectivity index (χ1v) is 7.84. The van der Waals surface area contributed by atoms with Gasteiger partial charge in [0, 0.05) is 30.4 Å². The molecule has 1 aliphatic carbocycles. The molecule has 3 atom stereocenters. The Balaban J connectivity index is 1.84. The third-order valence-corrected chi connectivity index (χ3v) is 4.96. The van der Waals surface area contributed by atoms with Gasteiger partial charge in [0.15, 0.2) is 0 Å². The smallest absolute Gasteiger partial charge is 0.271 e. The predicted molar refractivity (Wildman–Crippen MR) is 88.7 cm³/mol. The fraction of sp³-hybridized carbons (Fsp3) is 0.235. The van der Waals surface area contributed by atoms with Crippen LogP contribution >= 0.6 is 11.6 Å². The van der Waals surface area contributed by atoms with Crippen molar-refractivity contribution in [2.45, 2.75) is 18.4 Å².